The van der Waals surface area contributed by atoms with E-state index < -0.39 is 29.3 Å². The van der Waals surface area contributed by atoms with E-state index in [-0.39, 0.29) is 21.6 Å². The lowest BCUT2D eigenvalue weighted by Gasteiger charge is -2.10. The molecule has 0 fully saturated rings. The lowest BCUT2D eigenvalue weighted by molar-refractivity contribution is 0.0377. The van der Waals surface area contributed by atoms with Crippen molar-refractivity contribution in [1.82, 2.24) is 9.38 Å². The Morgan fingerprint density at radius 3 is 1.95 bits per heavy atom. The Hall–Kier alpha value is -4.84. The molecule has 39 heavy (non-hydrogen) atoms. The van der Waals surface area contributed by atoms with E-state index in [0.29, 0.717) is 28.2 Å². The van der Waals surface area contributed by atoms with Crippen LogP contribution in [0.3, 0.4) is 0 Å². The molecular weight excluding hydrogens is 524 g/mol. The minimum atomic E-state index is -0.724. The third-order valence-electron chi connectivity index (χ3n) is 5.35. The lowest BCUT2D eigenvalue weighted by Crippen LogP contribution is -2.25. The normalized spacial score (nSPS) is 10.8. The summed E-state index contributed by atoms with van der Waals surface area (Å²) in [7, 11) is 1.26. The van der Waals surface area contributed by atoms with Crippen LogP contribution in [0.15, 0.2) is 59.4 Å². The number of nitrogens with one attached hydrogen (secondary N) is 2. The summed E-state index contributed by atoms with van der Waals surface area (Å²) < 4.78 is 10.9. The molecule has 0 aliphatic rings. The van der Waals surface area contributed by atoms with Gasteiger partial charge in [-0.25, -0.2) is 19.0 Å². The maximum atomic E-state index is 13.4. The van der Waals surface area contributed by atoms with Crippen molar-refractivity contribution in [1.29, 1.82) is 0 Å². The number of aromatic nitrogens is 2. The van der Waals surface area contributed by atoms with Crippen molar-refractivity contribution in [3.05, 3.63) is 92.3 Å². The number of amides is 2. The molecule has 200 valence electrons. The van der Waals surface area contributed by atoms with Crippen molar-refractivity contribution >= 4 is 51.4 Å². The SMILES string of the molecule is COC(=O)c1ccc(NC(=O)c2sc3nc(C)cc(=O)n3c2C(=O)Nc2ccc(C(=O)OC(C)C)cc2)cc1. The predicted molar refractivity (Wildman–Crippen MR) is 145 cm³/mol. The van der Waals surface area contributed by atoms with Gasteiger partial charge in [0.1, 0.15) is 10.6 Å². The Balaban J connectivity index is 1.65. The van der Waals surface area contributed by atoms with Crippen LogP contribution in [0.1, 0.15) is 60.4 Å². The Bertz CT molecular complexity index is 1640. The van der Waals surface area contributed by atoms with Gasteiger partial charge in [0.25, 0.3) is 17.4 Å². The molecule has 2 N–H and O–H groups in total. The van der Waals surface area contributed by atoms with Crippen LogP contribution in [0.25, 0.3) is 4.96 Å². The topological polar surface area (TPSA) is 145 Å². The fourth-order valence-corrected chi connectivity index (χ4v) is 4.67. The third-order valence-corrected chi connectivity index (χ3v) is 6.39. The second kappa shape index (κ2) is 11.3. The van der Waals surface area contributed by atoms with E-state index in [9.17, 15) is 24.0 Å². The standard InChI is InChI=1S/C27H24N4O7S/c1-14(2)38-26(36)17-7-11-18(12-8-17)29-23(33)21-22(39-27-28-15(3)13-20(32)31(21)27)24(34)30-19-9-5-16(6-10-19)25(35)37-4/h5-14H,1-4H3,(H,29,33)(H,30,34). The van der Waals surface area contributed by atoms with Gasteiger partial charge in [0.15, 0.2) is 4.96 Å². The number of esters is 2. The summed E-state index contributed by atoms with van der Waals surface area (Å²) in [4.78, 5) is 67.7. The first-order chi connectivity index (χ1) is 18.6. The fraction of sp³-hybridized carbons (Fsp3) is 0.185. The number of hydrogen-bond donors (Lipinski definition) is 2. The van der Waals surface area contributed by atoms with Crippen LogP contribution in [0.5, 0.6) is 0 Å². The summed E-state index contributed by atoms with van der Waals surface area (Å²) in [5.74, 6) is -2.40. The molecule has 0 aliphatic heterocycles. The van der Waals surface area contributed by atoms with Crippen LogP contribution in [0.2, 0.25) is 0 Å². The number of benzene rings is 2. The van der Waals surface area contributed by atoms with Gasteiger partial charge in [0.2, 0.25) is 0 Å². The van der Waals surface area contributed by atoms with Gasteiger partial charge in [0, 0.05) is 23.1 Å². The zero-order valence-corrected chi connectivity index (χ0v) is 22.3. The zero-order chi connectivity index (χ0) is 28.3. The predicted octanol–water partition coefficient (Wildman–Crippen LogP) is 3.92. The molecule has 11 nitrogen and oxygen atoms in total. The van der Waals surface area contributed by atoms with E-state index in [1.165, 1.54) is 61.7 Å². The molecule has 12 heteroatoms. The summed E-state index contributed by atoms with van der Waals surface area (Å²) in [6.07, 6.45) is -0.283. The smallest absolute Gasteiger partial charge is 0.338 e. The third kappa shape index (κ3) is 6.02. The number of carbonyl (C=O) groups is 4. The number of ether oxygens (including phenoxy) is 2. The molecular formula is C27H24N4O7S. The van der Waals surface area contributed by atoms with Gasteiger partial charge < -0.3 is 20.1 Å². The molecule has 2 heterocycles. The first-order valence-electron chi connectivity index (χ1n) is 11.7. The molecule has 0 aliphatic carbocycles. The first-order valence-corrected chi connectivity index (χ1v) is 12.5. The lowest BCUT2D eigenvalue weighted by atomic mass is 10.2. The molecule has 0 saturated heterocycles. The molecule has 0 spiro atoms. The molecule has 2 aromatic heterocycles. The molecule has 0 radical (unpaired) electrons. The van der Waals surface area contributed by atoms with E-state index in [1.807, 2.05) is 0 Å². The summed E-state index contributed by atoms with van der Waals surface area (Å²) in [5.41, 5.74) is 1.01. The van der Waals surface area contributed by atoms with Crippen molar-refractivity contribution in [2.45, 2.75) is 26.9 Å². The number of methoxy groups -OCH3 is 1. The van der Waals surface area contributed by atoms with E-state index in [2.05, 4.69) is 20.4 Å². The summed E-state index contributed by atoms with van der Waals surface area (Å²) in [6.45, 7) is 5.11. The van der Waals surface area contributed by atoms with Crippen LogP contribution in [0, 0.1) is 6.92 Å². The maximum Gasteiger partial charge on any atom is 0.338 e. The second-order valence-electron chi connectivity index (χ2n) is 8.64. The largest absolute Gasteiger partial charge is 0.465 e. The molecule has 2 amide bonds. The molecule has 0 atom stereocenters. The number of anilines is 2. The van der Waals surface area contributed by atoms with Crippen LogP contribution < -0.4 is 16.2 Å². The van der Waals surface area contributed by atoms with Crippen molar-refractivity contribution < 1.29 is 28.7 Å². The molecule has 0 unspecified atom stereocenters. The van der Waals surface area contributed by atoms with Gasteiger partial charge >= 0.3 is 11.9 Å². The van der Waals surface area contributed by atoms with E-state index >= 15 is 0 Å². The highest BCUT2D eigenvalue weighted by Crippen LogP contribution is 2.24. The maximum absolute atomic E-state index is 13.4. The van der Waals surface area contributed by atoms with Crippen molar-refractivity contribution in [2.75, 3.05) is 17.7 Å². The van der Waals surface area contributed by atoms with E-state index in [1.54, 1.807) is 20.8 Å². The summed E-state index contributed by atoms with van der Waals surface area (Å²) >= 11 is 0.886. The van der Waals surface area contributed by atoms with Gasteiger partial charge in [-0.05, 0) is 69.3 Å². The van der Waals surface area contributed by atoms with E-state index in [0.717, 1.165) is 15.7 Å². The van der Waals surface area contributed by atoms with Crippen molar-refractivity contribution in [2.24, 2.45) is 0 Å². The van der Waals surface area contributed by atoms with Gasteiger partial charge in [0.05, 0.1) is 24.3 Å². The Morgan fingerprint density at radius 2 is 1.41 bits per heavy atom. The quantitative estimate of drug-likeness (QED) is 0.331. The number of fused-ring (bicyclic) bond motifs is 1. The van der Waals surface area contributed by atoms with Gasteiger partial charge in [-0.3, -0.25) is 14.4 Å². The number of hydrogen-bond acceptors (Lipinski definition) is 9. The molecule has 0 saturated carbocycles. The van der Waals surface area contributed by atoms with Gasteiger partial charge in [-0.1, -0.05) is 11.3 Å². The number of aryl methyl sites for hydroxylation is 1. The Labute approximate surface area is 226 Å². The van der Waals surface area contributed by atoms with Crippen molar-refractivity contribution in [3.63, 3.8) is 0 Å². The van der Waals surface area contributed by atoms with Gasteiger partial charge in [-0.15, -0.1) is 0 Å². The van der Waals surface area contributed by atoms with Crippen LogP contribution in [-0.4, -0.2) is 46.4 Å². The molecule has 0 bridgehead atoms. The van der Waals surface area contributed by atoms with Crippen molar-refractivity contribution in [3.8, 4) is 0 Å². The fourth-order valence-electron chi connectivity index (χ4n) is 3.60. The summed E-state index contributed by atoms with van der Waals surface area (Å²) in [6, 6.07) is 13.3. The monoisotopic (exact) mass is 548 g/mol. The Morgan fingerprint density at radius 1 is 0.872 bits per heavy atom. The highest BCUT2D eigenvalue weighted by atomic mass is 32.1. The highest BCUT2D eigenvalue weighted by Gasteiger charge is 2.26. The second-order valence-corrected chi connectivity index (χ2v) is 9.62. The summed E-state index contributed by atoms with van der Waals surface area (Å²) in [5, 5.41) is 5.34. The average molecular weight is 549 g/mol. The van der Waals surface area contributed by atoms with E-state index in [4.69, 9.17) is 4.74 Å². The highest BCUT2D eigenvalue weighted by molar-refractivity contribution is 7.19. The zero-order valence-electron chi connectivity index (χ0n) is 21.4. The van der Waals surface area contributed by atoms with Crippen LogP contribution in [0.4, 0.5) is 11.4 Å². The van der Waals surface area contributed by atoms with Crippen LogP contribution >= 0.6 is 11.3 Å². The Kier molecular flexibility index (Phi) is 7.86. The van der Waals surface area contributed by atoms with Crippen LogP contribution in [-0.2, 0) is 9.47 Å². The number of rotatable bonds is 7. The molecule has 4 rings (SSSR count). The number of nitrogens with zero attached hydrogens (tertiary/aromatic N) is 2. The molecule has 2 aromatic carbocycles. The van der Waals surface area contributed by atoms with Gasteiger partial charge in [-0.2, -0.15) is 0 Å². The minimum absolute atomic E-state index is 0.0446. The molecule has 4 aromatic rings. The number of carbonyl (C=O) groups excluding carboxylic acids is 4. The number of thiazole rings is 1. The first kappa shape index (κ1) is 27.2. The average Bonchev–Trinajstić information content (AvgIpc) is 3.29. The minimum Gasteiger partial charge on any atom is -0.465 e.